The van der Waals surface area contributed by atoms with Gasteiger partial charge in [0.15, 0.2) is 0 Å². The van der Waals surface area contributed by atoms with Crippen LogP contribution in [-0.2, 0) is 13.1 Å². The summed E-state index contributed by atoms with van der Waals surface area (Å²) in [5.41, 5.74) is 3.19. The second-order valence-electron chi connectivity index (χ2n) is 8.00. The van der Waals surface area contributed by atoms with Crippen molar-refractivity contribution in [1.29, 1.82) is 0 Å². The number of hydrogen-bond donors (Lipinski definition) is 0. The maximum absolute atomic E-state index is 13.6. The molecular weight excluding hydrogens is 446 g/mol. The third-order valence-corrected chi connectivity index (χ3v) is 6.47. The van der Waals surface area contributed by atoms with Gasteiger partial charge in [-0.3, -0.25) is 9.80 Å². The lowest BCUT2D eigenvalue weighted by atomic mass is 10.0. The first-order valence-electron chi connectivity index (χ1n) is 10.9. The summed E-state index contributed by atoms with van der Waals surface area (Å²) in [6.45, 7) is 5.91. The summed E-state index contributed by atoms with van der Waals surface area (Å²) in [5, 5.41) is 1.19. The molecular formula is C26H27Cl2FN2O. The maximum Gasteiger partial charge on any atom is 0.124 e. The fourth-order valence-corrected chi connectivity index (χ4v) is 4.78. The standard InChI is InChI=1S/C26H27Cl2FN2O/c1-2-32-22-12-8-19(9-13-22)17-30-14-5-15-31(18-20-10-11-21(29)16-25(20)28)26(30)23-6-3-4-7-24(23)27/h3-4,6-13,16,26H,2,5,14-15,17-18H2,1H3. The number of ether oxygens (including phenoxy) is 1. The zero-order chi connectivity index (χ0) is 22.5. The van der Waals surface area contributed by atoms with Gasteiger partial charge in [-0.2, -0.15) is 0 Å². The number of hydrogen-bond acceptors (Lipinski definition) is 3. The van der Waals surface area contributed by atoms with Gasteiger partial charge < -0.3 is 4.74 Å². The fraction of sp³-hybridized carbons (Fsp3) is 0.308. The zero-order valence-electron chi connectivity index (χ0n) is 18.1. The molecule has 0 bridgehead atoms. The SMILES string of the molecule is CCOc1ccc(CN2CCCN(Cc3ccc(F)cc3Cl)C2c2ccccc2Cl)cc1. The Hall–Kier alpha value is -2.11. The Balaban J connectivity index is 1.63. The van der Waals surface area contributed by atoms with Gasteiger partial charge in [0, 0.05) is 41.8 Å². The maximum atomic E-state index is 13.6. The molecule has 0 radical (unpaired) electrons. The van der Waals surface area contributed by atoms with Crippen molar-refractivity contribution in [2.75, 3.05) is 19.7 Å². The molecule has 1 atom stereocenters. The lowest BCUT2D eigenvalue weighted by Gasteiger charge is -2.44. The largest absolute Gasteiger partial charge is 0.494 e. The van der Waals surface area contributed by atoms with Gasteiger partial charge in [0.05, 0.1) is 12.8 Å². The van der Waals surface area contributed by atoms with E-state index < -0.39 is 0 Å². The average Bonchev–Trinajstić information content (AvgIpc) is 2.78. The van der Waals surface area contributed by atoms with Gasteiger partial charge in [-0.05, 0) is 54.8 Å². The van der Waals surface area contributed by atoms with E-state index in [-0.39, 0.29) is 12.0 Å². The predicted molar refractivity (Wildman–Crippen MR) is 129 cm³/mol. The van der Waals surface area contributed by atoms with E-state index in [1.807, 2.05) is 37.3 Å². The summed E-state index contributed by atoms with van der Waals surface area (Å²) in [6.07, 6.45) is 1.02. The molecule has 0 amide bonds. The molecule has 1 aliphatic rings. The second kappa shape index (κ2) is 10.7. The van der Waals surface area contributed by atoms with Gasteiger partial charge in [0.2, 0.25) is 0 Å². The Kier molecular flexibility index (Phi) is 7.69. The van der Waals surface area contributed by atoms with Crippen molar-refractivity contribution >= 4 is 23.2 Å². The number of benzene rings is 3. The summed E-state index contributed by atoms with van der Waals surface area (Å²) in [4.78, 5) is 4.82. The Labute approximate surface area is 199 Å². The highest BCUT2D eigenvalue weighted by molar-refractivity contribution is 6.31. The van der Waals surface area contributed by atoms with Gasteiger partial charge in [-0.25, -0.2) is 4.39 Å². The van der Waals surface area contributed by atoms with Crippen LogP contribution in [0.1, 0.15) is 36.2 Å². The van der Waals surface area contributed by atoms with Gasteiger partial charge in [0.25, 0.3) is 0 Å². The molecule has 168 valence electrons. The summed E-state index contributed by atoms with van der Waals surface area (Å²) < 4.78 is 19.2. The van der Waals surface area contributed by atoms with E-state index in [2.05, 4.69) is 28.0 Å². The Morgan fingerprint density at radius 3 is 2.31 bits per heavy atom. The van der Waals surface area contributed by atoms with Crippen LogP contribution in [0.4, 0.5) is 4.39 Å². The highest BCUT2D eigenvalue weighted by Gasteiger charge is 2.32. The molecule has 3 aromatic carbocycles. The first-order valence-corrected chi connectivity index (χ1v) is 11.7. The molecule has 6 heteroatoms. The second-order valence-corrected chi connectivity index (χ2v) is 8.82. The van der Waals surface area contributed by atoms with Crippen molar-refractivity contribution in [3.63, 3.8) is 0 Å². The smallest absolute Gasteiger partial charge is 0.124 e. The van der Waals surface area contributed by atoms with E-state index in [1.54, 1.807) is 6.07 Å². The van der Waals surface area contributed by atoms with Gasteiger partial charge >= 0.3 is 0 Å². The molecule has 1 heterocycles. The molecule has 0 aromatic heterocycles. The van der Waals surface area contributed by atoms with E-state index >= 15 is 0 Å². The minimum Gasteiger partial charge on any atom is -0.494 e. The van der Waals surface area contributed by atoms with Crippen LogP contribution in [0.25, 0.3) is 0 Å². The number of halogens is 3. The van der Waals surface area contributed by atoms with E-state index in [4.69, 9.17) is 27.9 Å². The Bertz CT molecular complexity index is 1040. The summed E-state index contributed by atoms with van der Waals surface area (Å²) in [5.74, 6) is 0.558. The van der Waals surface area contributed by atoms with Crippen molar-refractivity contribution in [3.05, 3.63) is 99.3 Å². The average molecular weight is 473 g/mol. The van der Waals surface area contributed by atoms with Crippen LogP contribution in [0.5, 0.6) is 5.75 Å². The Morgan fingerprint density at radius 1 is 0.906 bits per heavy atom. The third kappa shape index (κ3) is 5.44. The number of rotatable bonds is 7. The quantitative estimate of drug-likeness (QED) is 0.370. The molecule has 32 heavy (non-hydrogen) atoms. The summed E-state index contributed by atoms with van der Waals surface area (Å²) in [6, 6.07) is 20.9. The van der Waals surface area contributed by atoms with Crippen LogP contribution >= 0.6 is 23.2 Å². The molecule has 4 rings (SSSR count). The molecule has 3 nitrogen and oxygen atoms in total. The zero-order valence-corrected chi connectivity index (χ0v) is 19.6. The van der Waals surface area contributed by atoms with E-state index in [0.29, 0.717) is 18.2 Å². The first kappa shape index (κ1) is 23.1. The van der Waals surface area contributed by atoms with Crippen molar-refractivity contribution in [2.24, 2.45) is 0 Å². The molecule has 1 aliphatic heterocycles. The number of nitrogens with zero attached hydrogens (tertiary/aromatic N) is 2. The normalized spacial score (nSPS) is 17.4. The molecule has 1 saturated heterocycles. The topological polar surface area (TPSA) is 15.7 Å². The lowest BCUT2D eigenvalue weighted by Crippen LogP contribution is -2.47. The van der Waals surface area contributed by atoms with Crippen LogP contribution < -0.4 is 4.74 Å². The van der Waals surface area contributed by atoms with Crippen LogP contribution in [-0.4, -0.2) is 29.5 Å². The van der Waals surface area contributed by atoms with E-state index in [0.717, 1.165) is 48.0 Å². The highest BCUT2D eigenvalue weighted by Crippen LogP contribution is 2.36. The summed E-state index contributed by atoms with van der Waals surface area (Å²) in [7, 11) is 0. The van der Waals surface area contributed by atoms with E-state index in [1.165, 1.54) is 17.7 Å². The molecule has 1 unspecified atom stereocenters. The predicted octanol–water partition coefficient (Wildman–Crippen LogP) is 6.94. The van der Waals surface area contributed by atoms with Crippen molar-refractivity contribution < 1.29 is 9.13 Å². The van der Waals surface area contributed by atoms with Crippen LogP contribution in [0.15, 0.2) is 66.7 Å². The van der Waals surface area contributed by atoms with Gasteiger partial charge in [-0.15, -0.1) is 0 Å². The minimum atomic E-state index is -0.322. The fourth-order valence-electron chi connectivity index (χ4n) is 4.32. The van der Waals surface area contributed by atoms with Gasteiger partial charge in [0.1, 0.15) is 11.6 Å². The van der Waals surface area contributed by atoms with Crippen LogP contribution in [0.3, 0.4) is 0 Å². The minimum absolute atomic E-state index is 0.00913. The molecule has 0 N–H and O–H groups in total. The third-order valence-electron chi connectivity index (χ3n) is 5.77. The molecule has 0 saturated carbocycles. The highest BCUT2D eigenvalue weighted by atomic mass is 35.5. The molecule has 3 aromatic rings. The Morgan fingerprint density at radius 2 is 1.62 bits per heavy atom. The first-order chi connectivity index (χ1) is 15.5. The van der Waals surface area contributed by atoms with Crippen molar-refractivity contribution in [2.45, 2.75) is 32.6 Å². The molecule has 0 spiro atoms. The van der Waals surface area contributed by atoms with Crippen molar-refractivity contribution in [1.82, 2.24) is 9.80 Å². The monoisotopic (exact) mass is 472 g/mol. The molecule has 0 aliphatic carbocycles. The molecule has 1 fully saturated rings. The van der Waals surface area contributed by atoms with Crippen molar-refractivity contribution in [3.8, 4) is 5.75 Å². The van der Waals surface area contributed by atoms with Gasteiger partial charge in [-0.1, -0.05) is 59.6 Å². The van der Waals surface area contributed by atoms with E-state index in [9.17, 15) is 4.39 Å². The lowest BCUT2D eigenvalue weighted by molar-refractivity contribution is -0.00902. The van der Waals surface area contributed by atoms with Crippen LogP contribution in [0.2, 0.25) is 10.0 Å². The summed E-state index contributed by atoms with van der Waals surface area (Å²) >= 11 is 13.0. The van der Waals surface area contributed by atoms with Crippen LogP contribution in [0, 0.1) is 5.82 Å².